The van der Waals surface area contributed by atoms with Gasteiger partial charge in [-0.2, -0.15) is 5.10 Å². The maximum absolute atomic E-state index is 5.91. The zero-order valence-electron chi connectivity index (χ0n) is 10.7. The highest BCUT2D eigenvalue weighted by atomic mass is 35.5. The lowest BCUT2D eigenvalue weighted by molar-refractivity contribution is 0.600. The Morgan fingerprint density at radius 3 is 2.61 bits per heavy atom. The van der Waals surface area contributed by atoms with Gasteiger partial charge >= 0.3 is 0 Å². The summed E-state index contributed by atoms with van der Waals surface area (Å²) in [6, 6.07) is 8.07. The van der Waals surface area contributed by atoms with Gasteiger partial charge in [-0.1, -0.05) is 30.7 Å². The average molecular weight is 264 g/mol. The molecule has 0 spiro atoms. The molecule has 2 aromatic rings. The van der Waals surface area contributed by atoms with Gasteiger partial charge in [0, 0.05) is 23.3 Å². The molecule has 1 aromatic carbocycles. The molecular formula is C14H18ClN3. The third-order valence-corrected chi connectivity index (χ3v) is 3.18. The molecule has 0 bridgehead atoms. The van der Waals surface area contributed by atoms with E-state index in [-0.39, 0.29) is 6.04 Å². The van der Waals surface area contributed by atoms with Crippen LogP contribution in [0, 0.1) is 0 Å². The maximum atomic E-state index is 5.91. The molecule has 1 N–H and O–H groups in total. The van der Waals surface area contributed by atoms with Crippen molar-refractivity contribution < 1.29 is 0 Å². The number of benzene rings is 1. The molecule has 3 nitrogen and oxygen atoms in total. The highest BCUT2D eigenvalue weighted by Crippen LogP contribution is 2.22. The van der Waals surface area contributed by atoms with Crippen LogP contribution in [0.15, 0.2) is 36.7 Å². The van der Waals surface area contributed by atoms with Crippen molar-refractivity contribution in [3.63, 3.8) is 0 Å². The van der Waals surface area contributed by atoms with E-state index in [4.69, 9.17) is 11.6 Å². The van der Waals surface area contributed by atoms with E-state index in [2.05, 4.69) is 23.5 Å². The van der Waals surface area contributed by atoms with Gasteiger partial charge in [-0.05, 0) is 31.2 Å². The lowest BCUT2D eigenvalue weighted by Crippen LogP contribution is -2.17. The minimum absolute atomic E-state index is 0.160. The lowest BCUT2D eigenvalue weighted by atomic mass is 10.0. The number of rotatable bonds is 5. The van der Waals surface area contributed by atoms with Gasteiger partial charge in [-0.15, -0.1) is 0 Å². The summed E-state index contributed by atoms with van der Waals surface area (Å²) < 4.78 is 1.98. The number of hydrogen-bond acceptors (Lipinski definition) is 2. The first-order valence-corrected chi connectivity index (χ1v) is 6.57. The molecule has 1 aromatic heterocycles. The quantitative estimate of drug-likeness (QED) is 0.897. The molecule has 0 saturated heterocycles. The normalized spacial score (nSPS) is 12.6. The third kappa shape index (κ3) is 2.92. The second-order valence-corrected chi connectivity index (χ2v) is 4.75. The van der Waals surface area contributed by atoms with Crippen LogP contribution >= 0.6 is 11.6 Å². The standard InChI is InChI=1S/C14H18ClN3/c1-3-8-18-10-12(9-17-18)14(16-2)11-4-6-13(15)7-5-11/h4-7,9-10,14,16H,3,8H2,1-2H3. The number of aryl methyl sites for hydroxylation is 1. The summed E-state index contributed by atoms with van der Waals surface area (Å²) in [6.45, 7) is 3.10. The van der Waals surface area contributed by atoms with Gasteiger partial charge in [0.15, 0.2) is 0 Å². The predicted octanol–water partition coefficient (Wildman–Crippen LogP) is 3.26. The van der Waals surface area contributed by atoms with E-state index in [9.17, 15) is 0 Å². The molecule has 1 heterocycles. The van der Waals surface area contributed by atoms with Crippen LogP contribution in [-0.2, 0) is 6.54 Å². The van der Waals surface area contributed by atoms with Crippen LogP contribution in [0.5, 0.6) is 0 Å². The van der Waals surface area contributed by atoms with Crippen molar-refractivity contribution in [3.8, 4) is 0 Å². The minimum atomic E-state index is 0.160. The number of nitrogens with one attached hydrogen (secondary N) is 1. The molecule has 0 saturated carbocycles. The van der Waals surface area contributed by atoms with E-state index in [1.165, 1.54) is 11.1 Å². The predicted molar refractivity (Wildman–Crippen MR) is 74.9 cm³/mol. The summed E-state index contributed by atoms with van der Waals surface area (Å²) in [6.07, 6.45) is 5.11. The highest BCUT2D eigenvalue weighted by Gasteiger charge is 2.13. The minimum Gasteiger partial charge on any atom is -0.309 e. The first kappa shape index (κ1) is 13.1. The molecule has 0 fully saturated rings. The van der Waals surface area contributed by atoms with Gasteiger partial charge in [-0.25, -0.2) is 0 Å². The Labute approximate surface area is 113 Å². The Morgan fingerprint density at radius 1 is 1.28 bits per heavy atom. The summed E-state index contributed by atoms with van der Waals surface area (Å²) in [5, 5.41) is 8.44. The fourth-order valence-corrected chi connectivity index (χ4v) is 2.19. The Bertz CT molecular complexity index is 490. The molecule has 96 valence electrons. The molecule has 0 amide bonds. The van der Waals surface area contributed by atoms with Crippen LogP contribution in [0.2, 0.25) is 5.02 Å². The number of nitrogens with zero attached hydrogens (tertiary/aromatic N) is 2. The molecule has 1 unspecified atom stereocenters. The van der Waals surface area contributed by atoms with E-state index in [1.807, 2.05) is 42.2 Å². The fourth-order valence-electron chi connectivity index (χ4n) is 2.06. The van der Waals surface area contributed by atoms with E-state index in [0.29, 0.717) is 0 Å². The van der Waals surface area contributed by atoms with Crippen LogP contribution < -0.4 is 5.32 Å². The summed E-state index contributed by atoms with van der Waals surface area (Å²) >= 11 is 5.91. The first-order chi connectivity index (χ1) is 8.74. The number of aromatic nitrogens is 2. The van der Waals surface area contributed by atoms with Gasteiger partial charge in [0.05, 0.1) is 12.2 Å². The zero-order valence-corrected chi connectivity index (χ0v) is 11.5. The maximum Gasteiger partial charge on any atom is 0.0605 e. The van der Waals surface area contributed by atoms with Crippen molar-refractivity contribution in [2.45, 2.75) is 25.9 Å². The van der Waals surface area contributed by atoms with Crippen LogP contribution in [-0.4, -0.2) is 16.8 Å². The van der Waals surface area contributed by atoms with Crippen molar-refractivity contribution in [2.75, 3.05) is 7.05 Å². The van der Waals surface area contributed by atoms with Crippen molar-refractivity contribution in [3.05, 3.63) is 52.8 Å². The Kier molecular flexibility index (Phi) is 4.39. The van der Waals surface area contributed by atoms with Crippen molar-refractivity contribution in [1.82, 2.24) is 15.1 Å². The van der Waals surface area contributed by atoms with Crippen LogP contribution in [0.3, 0.4) is 0 Å². The van der Waals surface area contributed by atoms with E-state index >= 15 is 0 Å². The highest BCUT2D eigenvalue weighted by molar-refractivity contribution is 6.30. The van der Waals surface area contributed by atoms with Crippen molar-refractivity contribution >= 4 is 11.6 Å². The molecule has 4 heteroatoms. The van der Waals surface area contributed by atoms with Gasteiger partial charge in [0.25, 0.3) is 0 Å². The second kappa shape index (κ2) is 6.03. The smallest absolute Gasteiger partial charge is 0.0605 e. The summed E-state index contributed by atoms with van der Waals surface area (Å²) in [4.78, 5) is 0. The number of halogens is 1. The Hall–Kier alpha value is -1.32. The van der Waals surface area contributed by atoms with E-state index < -0.39 is 0 Å². The van der Waals surface area contributed by atoms with Crippen LogP contribution in [0.4, 0.5) is 0 Å². The van der Waals surface area contributed by atoms with E-state index in [1.54, 1.807) is 0 Å². The lowest BCUT2D eigenvalue weighted by Gasteiger charge is -2.14. The van der Waals surface area contributed by atoms with Gasteiger partial charge in [0.1, 0.15) is 0 Å². The molecular weight excluding hydrogens is 246 g/mol. The summed E-state index contributed by atoms with van der Waals surface area (Å²) in [5.74, 6) is 0. The third-order valence-electron chi connectivity index (χ3n) is 2.93. The average Bonchev–Trinajstić information content (AvgIpc) is 2.82. The second-order valence-electron chi connectivity index (χ2n) is 4.31. The van der Waals surface area contributed by atoms with Crippen LogP contribution in [0.1, 0.15) is 30.5 Å². The largest absolute Gasteiger partial charge is 0.309 e. The first-order valence-electron chi connectivity index (χ1n) is 6.19. The Morgan fingerprint density at radius 2 is 2.00 bits per heavy atom. The number of hydrogen-bond donors (Lipinski definition) is 1. The molecule has 2 rings (SSSR count). The molecule has 0 aliphatic rings. The van der Waals surface area contributed by atoms with Crippen LogP contribution in [0.25, 0.3) is 0 Å². The topological polar surface area (TPSA) is 29.9 Å². The van der Waals surface area contributed by atoms with E-state index in [0.717, 1.165) is 18.0 Å². The Balaban J connectivity index is 2.24. The molecule has 18 heavy (non-hydrogen) atoms. The van der Waals surface area contributed by atoms with Gasteiger partial charge in [0.2, 0.25) is 0 Å². The molecule has 1 atom stereocenters. The molecule has 0 aliphatic heterocycles. The summed E-state index contributed by atoms with van der Waals surface area (Å²) in [5.41, 5.74) is 2.37. The zero-order chi connectivity index (χ0) is 13.0. The fraction of sp³-hybridized carbons (Fsp3) is 0.357. The summed E-state index contributed by atoms with van der Waals surface area (Å²) in [7, 11) is 1.95. The monoisotopic (exact) mass is 263 g/mol. The molecule has 0 radical (unpaired) electrons. The van der Waals surface area contributed by atoms with Gasteiger partial charge < -0.3 is 5.32 Å². The van der Waals surface area contributed by atoms with Gasteiger partial charge in [-0.3, -0.25) is 4.68 Å². The molecule has 0 aliphatic carbocycles. The SMILES string of the molecule is CCCn1cc(C(NC)c2ccc(Cl)cc2)cn1. The van der Waals surface area contributed by atoms with Crippen molar-refractivity contribution in [2.24, 2.45) is 0 Å². The van der Waals surface area contributed by atoms with Crippen molar-refractivity contribution in [1.29, 1.82) is 0 Å².